The third-order valence-corrected chi connectivity index (χ3v) is 3.55. The maximum atomic E-state index is 12.1. The minimum absolute atomic E-state index is 0.110. The maximum Gasteiger partial charge on any atom is 0.364 e. The topological polar surface area (TPSA) is 63.7 Å². The van der Waals surface area contributed by atoms with E-state index in [2.05, 4.69) is 0 Å². The molecule has 2 aliphatic rings. The number of benzene rings is 1. The van der Waals surface area contributed by atoms with Gasteiger partial charge in [-0.15, -0.1) is 5.06 Å². The summed E-state index contributed by atoms with van der Waals surface area (Å²) >= 11 is 0. The molecule has 5 heteroatoms. The molecule has 1 heterocycles. The van der Waals surface area contributed by atoms with Crippen molar-refractivity contribution in [1.82, 2.24) is 5.06 Å². The number of nitrogens with zero attached hydrogens (tertiary/aromatic N) is 1. The van der Waals surface area contributed by atoms with Crippen molar-refractivity contribution in [2.45, 2.75) is 32.1 Å². The summed E-state index contributed by atoms with van der Waals surface area (Å²) in [6, 6.07) is 5.47. The number of imide groups is 1. The SMILES string of the molecule is O=C(ON1C(=O)CCC1=O)c1cccc2c1CCC2. The first-order valence-electron chi connectivity index (χ1n) is 6.35. The largest absolute Gasteiger partial charge is 0.364 e. The van der Waals surface area contributed by atoms with Crippen LogP contribution in [0, 0.1) is 0 Å². The van der Waals surface area contributed by atoms with Crippen LogP contribution in [-0.2, 0) is 27.3 Å². The summed E-state index contributed by atoms with van der Waals surface area (Å²) < 4.78 is 0. The van der Waals surface area contributed by atoms with E-state index in [9.17, 15) is 14.4 Å². The van der Waals surface area contributed by atoms with E-state index >= 15 is 0 Å². The Kier molecular flexibility index (Phi) is 2.81. The molecule has 5 nitrogen and oxygen atoms in total. The fourth-order valence-corrected chi connectivity index (χ4v) is 2.60. The second kappa shape index (κ2) is 4.50. The van der Waals surface area contributed by atoms with Gasteiger partial charge in [0.05, 0.1) is 5.56 Å². The molecule has 0 atom stereocenters. The third kappa shape index (κ3) is 2.01. The van der Waals surface area contributed by atoms with Crippen LogP contribution in [0.4, 0.5) is 0 Å². The smallest absolute Gasteiger partial charge is 0.325 e. The Morgan fingerprint density at radius 1 is 1.05 bits per heavy atom. The Morgan fingerprint density at radius 3 is 2.53 bits per heavy atom. The van der Waals surface area contributed by atoms with Crippen LogP contribution in [-0.4, -0.2) is 22.8 Å². The van der Waals surface area contributed by atoms with Crippen molar-refractivity contribution in [1.29, 1.82) is 0 Å². The molecular weight excluding hydrogens is 246 g/mol. The Labute approximate surface area is 110 Å². The molecule has 1 saturated heterocycles. The molecule has 0 spiro atoms. The molecule has 19 heavy (non-hydrogen) atoms. The van der Waals surface area contributed by atoms with Crippen molar-refractivity contribution in [3.63, 3.8) is 0 Å². The number of fused-ring (bicyclic) bond motifs is 1. The van der Waals surface area contributed by atoms with Gasteiger partial charge in [0.2, 0.25) is 0 Å². The van der Waals surface area contributed by atoms with Crippen LogP contribution in [0.1, 0.15) is 40.7 Å². The van der Waals surface area contributed by atoms with Gasteiger partial charge in [0, 0.05) is 12.8 Å². The highest BCUT2D eigenvalue weighted by Gasteiger charge is 2.33. The van der Waals surface area contributed by atoms with E-state index < -0.39 is 17.8 Å². The van der Waals surface area contributed by atoms with Crippen LogP contribution in [0.3, 0.4) is 0 Å². The number of amides is 2. The van der Waals surface area contributed by atoms with E-state index in [0.717, 1.165) is 30.4 Å². The van der Waals surface area contributed by atoms with E-state index in [1.54, 1.807) is 12.1 Å². The number of carbonyl (C=O) groups is 3. The van der Waals surface area contributed by atoms with Crippen molar-refractivity contribution in [2.75, 3.05) is 0 Å². The molecule has 0 bridgehead atoms. The number of hydroxylamine groups is 2. The number of aryl methyl sites for hydroxylation is 1. The molecule has 2 amide bonds. The van der Waals surface area contributed by atoms with E-state index in [-0.39, 0.29) is 12.8 Å². The molecule has 1 fully saturated rings. The molecule has 0 saturated carbocycles. The summed E-state index contributed by atoms with van der Waals surface area (Å²) in [6.07, 6.45) is 3.03. The Balaban J connectivity index is 1.83. The second-order valence-corrected chi connectivity index (χ2v) is 4.76. The first-order valence-corrected chi connectivity index (χ1v) is 6.35. The average molecular weight is 259 g/mol. The molecule has 1 aliphatic carbocycles. The van der Waals surface area contributed by atoms with Gasteiger partial charge in [0.1, 0.15) is 0 Å². The fourth-order valence-electron chi connectivity index (χ4n) is 2.60. The Bertz CT molecular complexity index is 563. The van der Waals surface area contributed by atoms with Crippen LogP contribution in [0.25, 0.3) is 0 Å². The summed E-state index contributed by atoms with van der Waals surface area (Å²) in [4.78, 5) is 39.9. The standard InChI is InChI=1S/C14H13NO4/c16-12-7-8-13(17)15(12)19-14(18)11-6-2-4-9-3-1-5-10(9)11/h2,4,6H,1,3,5,7-8H2. The lowest BCUT2D eigenvalue weighted by Crippen LogP contribution is -2.32. The Morgan fingerprint density at radius 2 is 1.79 bits per heavy atom. The number of rotatable bonds is 2. The fraction of sp³-hybridized carbons (Fsp3) is 0.357. The maximum absolute atomic E-state index is 12.1. The molecule has 1 aromatic rings. The van der Waals surface area contributed by atoms with Crippen molar-refractivity contribution in [2.24, 2.45) is 0 Å². The summed E-state index contributed by atoms with van der Waals surface area (Å²) in [5, 5.41) is 0.594. The lowest BCUT2D eigenvalue weighted by molar-refractivity contribution is -0.172. The highest BCUT2D eigenvalue weighted by atomic mass is 16.7. The van der Waals surface area contributed by atoms with Gasteiger partial charge in [0.15, 0.2) is 0 Å². The van der Waals surface area contributed by atoms with Crippen LogP contribution in [0.5, 0.6) is 0 Å². The first kappa shape index (κ1) is 11.9. The lowest BCUT2D eigenvalue weighted by Gasteiger charge is -2.14. The summed E-state index contributed by atoms with van der Waals surface area (Å²) in [7, 11) is 0. The molecule has 98 valence electrons. The van der Waals surface area contributed by atoms with Gasteiger partial charge in [-0.1, -0.05) is 12.1 Å². The van der Waals surface area contributed by atoms with Crippen LogP contribution in [0.15, 0.2) is 18.2 Å². The van der Waals surface area contributed by atoms with Gasteiger partial charge < -0.3 is 4.84 Å². The molecule has 1 aliphatic heterocycles. The summed E-state index contributed by atoms with van der Waals surface area (Å²) in [5.41, 5.74) is 2.59. The minimum atomic E-state index is -0.623. The second-order valence-electron chi connectivity index (χ2n) is 4.76. The van der Waals surface area contributed by atoms with Gasteiger partial charge >= 0.3 is 5.97 Å². The normalized spacial score (nSPS) is 17.8. The lowest BCUT2D eigenvalue weighted by atomic mass is 10.0. The Hall–Kier alpha value is -2.17. The average Bonchev–Trinajstić information content (AvgIpc) is 2.99. The van der Waals surface area contributed by atoms with E-state index in [1.807, 2.05) is 6.07 Å². The molecule has 0 aromatic heterocycles. The molecule has 0 unspecified atom stereocenters. The number of carbonyl (C=O) groups excluding carboxylic acids is 3. The van der Waals surface area contributed by atoms with Crippen molar-refractivity contribution >= 4 is 17.8 Å². The van der Waals surface area contributed by atoms with Gasteiger partial charge in [-0.2, -0.15) is 0 Å². The van der Waals surface area contributed by atoms with Gasteiger partial charge in [-0.05, 0) is 36.5 Å². The van der Waals surface area contributed by atoms with Crippen LogP contribution >= 0.6 is 0 Å². The molecule has 0 N–H and O–H groups in total. The van der Waals surface area contributed by atoms with Gasteiger partial charge in [0.25, 0.3) is 11.8 Å². The summed E-state index contributed by atoms with van der Waals surface area (Å²) in [5.74, 6) is -1.53. The predicted molar refractivity (Wildman–Crippen MR) is 65.0 cm³/mol. The number of hydrogen-bond acceptors (Lipinski definition) is 4. The zero-order valence-corrected chi connectivity index (χ0v) is 10.3. The van der Waals surface area contributed by atoms with E-state index in [1.165, 1.54) is 0 Å². The minimum Gasteiger partial charge on any atom is -0.325 e. The van der Waals surface area contributed by atoms with Crippen molar-refractivity contribution in [3.8, 4) is 0 Å². The monoisotopic (exact) mass is 259 g/mol. The molecule has 3 rings (SSSR count). The third-order valence-electron chi connectivity index (χ3n) is 3.55. The van der Waals surface area contributed by atoms with Crippen molar-refractivity contribution < 1.29 is 19.2 Å². The van der Waals surface area contributed by atoms with Gasteiger partial charge in [-0.25, -0.2) is 4.79 Å². The summed E-state index contributed by atoms with van der Waals surface area (Å²) in [6.45, 7) is 0. The predicted octanol–water partition coefficient (Wildman–Crippen LogP) is 1.40. The highest BCUT2D eigenvalue weighted by molar-refractivity contribution is 6.03. The van der Waals surface area contributed by atoms with Crippen LogP contribution in [0.2, 0.25) is 0 Å². The van der Waals surface area contributed by atoms with E-state index in [0.29, 0.717) is 10.6 Å². The molecular formula is C14H13NO4. The quantitative estimate of drug-likeness (QED) is 0.753. The molecule has 0 radical (unpaired) electrons. The molecule has 1 aromatic carbocycles. The highest BCUT2D eigenvalue weighted by Crippen LogP contribution is 2.26. The first-order chi connectivity index (χ1) is 9.16. The zero-order chi connectivity index (χ0) is 13.4. The zero-order valence-electron chi connectivity index (χ0n) is 10.3. The van der Waals surface area contributed by atoms with Crippen molar-refractivity contribution in [3.05, 3.63) is 34.9 Å². The van der Waals surface area contributed by atoms with Gasteiger partial charge in [-0.3, -0.25) is 9.59 Å². The number of hydrogen-bond donors (Lipinski definition) is 0. The van der Waals surface area contributed by atoms with Crippen LogP contribution < -0.4 is 0 Å². The van der Waals surface area contributed by atoms with E-state index in [4.69, 9.17) is 4.84 Å².